The van der Waals surface area contributed by atoms with Crippen molar-refractivity contribution in [3.05, 3.63) is 77.8 Å². The molecule has 0 fully saturated rings. The molecule has 1 aromatic heterocycles. The van der Waals surface area contributed by atoms with Gasteiger partial charge in [-0.3, -0.25) is 4.79 Å². The minimum atomic E-state index is -0.637. The third-order valence-corrected chi connectivity index (χ3v) is 5.49. The van der Waals surface area contributed by atoms with Crippen molar-refractivity contribution in [2.75, 3.05) is 24.4 Å². The fraction of sp³-hybridized carbons (Fsp3) is 0.292. The Kier molecular flexibility index (Phi) is 6.23. The SMILES string of the molecule is C=C1Nc2nc(CCCO)nn2[C@@H](c2cccc(C)c2)[C@@H]1C(=O)Nc1ccccc1OC. The Morgan fingerprint density at radius 1 is 1.28 bits per heavy atom. The molecule has 8 heteroatoms. The van der Waals surface area contributed by atoms with Crippen LogP contribution < -0.4 is 15.4 Å². The summed E-state index contributed by atoms with van der Waals surface area (Å²) in [5, 5.41) is 20.0. The van der Waals surface area contributed by atoms with Crippen LogP contribution in [0, 0.1) is 12.8 Å². The van der Waals surface area contributed by atoms with Crippen molar-refractivity contribution in [1.82, 2.24) is 14.8 Å². The van der Waals surface area contributed by atoms with Gasteiger partial charge < -0.3 is 20.5 Å². The topological polar surface area (TPSA) is 101 Å². The summed E-state index contributed by atoms with van der Waals surface area (Å²) < 4.78 is 7.14. The first-order valence-corrected chi connectivity index (χ1v) is 10.5. The zero-order chi connectivity index (χ0) is 22.7. The number of aliphatic hydroxyl groups excluding tert-OH is 1. The largest absolute Gasteiger partial charge is 0.495 e. The van der Waals surface area contributed by atoms with Crippen LogP contribution in [0.25, 0.3) is 0 Å². The van der Waals surface area contributed by atoms with Crippen molar-refractivity contribution in [1.29, 1.82) is 0 Å². The number of anilines is 2. The molecule has 0 aliphatic carbocycles. The molecule has 2 heterocycles. The van der Waals surface area contributed by atoms with E-state index in [2.05, 4.69) is 27.3 Å². The van der Waals surface area contributed by atoms with Crippen LogP contribution in [0.5, 0.6) is 5.75 Å². The highest BCUT2D eigenvalue weighted by molar-refractivity contribution is 5.97. The van der Waals surface area contributed by atoms with Crippen molar-refractivity contribution in [2.45, 2.75) is 25.8 Å². The number of hydrogen-bond donors (Lipinski definition) is 3. The molecule has 32 heavy (non-hydrogen) atoms. The maximum Gasteiger partial charge on any atom is 0.236 e. The van der Waals surface area contributed by atoms with Crippen LogP contribution in [0.1, 0.15) is 29.4 Å². The van der Waals surface area contributed by atoms with Gasteiger partial charge in [-0.25, -0.2) is 4.68 Å². The first-order valence-electron chi connectivity index (χ1n) is 10.5. The Balaban J connectivity index is 1.75. The van der Waals surface area contributed by atoms with Crippen LogP contribution in [0.15, 0.2) is 60.8 Å². The van der Waals surface area contributed by atoms with E-state index in [-0.39, 0.29) is 12.5 Å². The monoisotopic (exact) mass is 433 g/mol. The lowest BCUT2D eigenvalue weighted by Crippen LogP contribution is -2.39. The lowest BCUT2D eigenvalue weighted by atomic mass is 9.88. The highest BCUT2D eigenvalue weighted by atomic mass is 16.5. The summed E-state index contributed by atoms with van der Waals surface area (Å²) in [5.74, 6) is 0.863. The molecule has 2 aromatic carbocycles. The Bertz CT molecular complexity index is 1140. The maximum absolute atomic E-state index is 13.5. The third kappa shape index (κ3) is 4.22. The predicted octanol–water partition coefficient (Wildman–Crippen LogP) is 3.30. The molecule has 8 nitrogen and oxygen atoms in total. The first-order chi connectivity index (χ1) is 15.5. The number of nitrogens with one attached hydrogen (secondary N) is 2. The number of nitrogens with zero attached hydrogens (tertiary/aromatic N) is 3. The molecule has 0 radical (unpaired) electrons. The van der Waals surface area contributed by atoms with E-state index < -0.39 is 12.0 Å². The average Bonchev–Trinajstić information content (AvgIpc) is 3.19. The Morgan fingerprint density at radius 2 is 2.09 bits per heavy atom. The fourth-order valence-corrected chi connectivity index (χ4v) is 3.99. The van der Waals surface area contributed by atoms with Gasteiger partial charge in [0.25, 0.3) is 0 Å². The number of fused-ring (bicyclic) bond motifs is 1. The summed E-state index contributed by atoms with van der Waals surface area (Å²) in [4.78, 5) is 18.1. The number of amides is 1. The van der Waals surface area contributed by atoms with Crippen LogP contribution in [-0.4, -0.2) is 39.5 Å². The van der Waals surface area contributed by atoms with Gasteiger partial charge in [-0.15, -0.1) is 0 Å². The number of hydrogen-bond acceptors (Lipinski definition) is 6. The van der Waals surface area contributed by atoms with Crippen molar-refractivity contribution >= 4 is 17.5 Å². The van der Waals surface area contributed by atoms with E-state index in [9.17, 15) is 9.90 Å². The van der Waals surface area contributed by atoms with Gasteiger partial charge in [0.2, 0.25) is 11.9 Å². The van der Waals surface area contributed by atoms with Gasteiger partial charge in [-0.2, -0.15) is 10.1 Å². The summed E-state index contributed by atoms with van der Waals surface area (Å²) in [6.45, 7) is 6.22. The second-order valence-electron chi connectivity index (χ2n) is 7.80. The smallest absolute Gasteiger partial charge is 0.236 e. The van der Waals surface area contributed by atoms with Crippen LogP contribution >= 0.6 is 0 Å². The number of carbonyl (C=O) groups excluding carboxylic acids is 1. The summed E-state index contributed by atoms with van der Waals surface area (Å²) in [6, 6.07) is 14.9. The second-order valence-corrected chi connectivity index (χ2v) is 7.80. The average molecular weight is 434 g/mol. The molecule has 4 rings (SSSR count). The van der Waals surface area contributed by atoms with Gasteiger partial charge in [0, 0.05) is 18.7 Å². The van der Waals surface area contributed by atoms with Crippen LogP contribution in [-0.2, 0) is 11.2 Å². The minimum absolute atomic E-state index is 0.0647. The lowest BCUT2D eigenvalue weighted by Gasteiger charge is -2.34. The summed E-state index contributed by atoms with van der Waals surface area (Å²) in [5.41, 5.74) is 3.15. The van der Waals surface area contributed by atoms with Crippen molar-refractivity contribution in [2.24, 2.45) is 5.92 Å². The lowest BCUT2D eigenvalue weighted by molar-refractivity contribution is -0.119. The molecule has 1 amide bonds. The van der Waals surface area contributed by atoms with E-state index in [0.717, 1.165) is 11.1 Å². The molecule has 0 unspecified atom stereocenters. The van der Waals surface area contributed by atoms with E-state index in [1.54, 1.807) is 23.9 Å². The summed E-state index contributed by atoms with van der Waals surface area (Å²) >= 11 is 0. The highest BCUT2D eigenvalue weighted by Crippen LogP contribution is 2.39. The number of aromatic nitrogens is 3. The molecule has 166 valence electrons. The van der Waals surface area contributed by atoms with E-state index >= 15 is 0 Å². The number of carbonyl (C=O) groups is 1. The van der Waals surface area contributed by atoms with Gasteiger partial charge in [-0.05, 0) is 31.0 Å². The quantitative estimate of drug-likeness (QED) is 0.529. The van der Waals surface area contributed by atoms with E-state index in [4.69, 9.17) is 4.74 Å². The standard InChI is InChI=1S/C24H27N5O3/c1-15-8-6-9-17(14-15)22-21(23(31)26-18-10-4-5-11-19(18)32-3)16(2)25-24-27-20(12-7-13-30)28-29(22)24/h4-6,8-11,14,21-22,30H,2,7,12-13H2,1,3H3,(H,26,31)(H,25,27,28)/t21-,22+/m1/s1. The number of aryl methyl sites for hydroxylation is 2. The van der Waals surface area contributed by atoms with E-state index in [1.807, 2.05) is 43.3 Å². The van der Waals surface area contributed by atoms with Crippen molar-refractivity contribution in [3.8, 4) is 5.75 Å². The van der Waals surface area contributed by atoms with Gasteiger partial charge in [0.15, 0.2) is 5.82 Å². The third-order valence-electron chi connectivity index (χ3n) is 5.49. The molecule has 3 aromatic rings. The number of rotatable bonds is 7. The number of aliphatic hydroxyl groups is 1. The zero-order valence-corrected chi connectivity index (χ0v) is 18.2. The molecule has 0 saturated heterocycles. The van der Waals surface area contributed by atoms with Gasteiger partial charge in [-0.1, -0.05) is 48.5 Å². The number of methoxy groups -OCH3 is 1. The van der Waals surface area contributed by atoms with Crippen LogP contribution in [0.2, 0.25) is 0 Å². The molecule has 0 spiro atoms. The molecular formula is C24H27N5O3. The molecule has 2 atom stereocenters. The normalized spacial score (nSPS) is 17.4. The van der Waals surface area contributed by atoms with Crippen LogP contribution in [0.4, 0.5) is 11.6 Å². The first kappa shape index (κ1) is 21.6. The predicted molar refractivity (Wildman–Crippen MR) is 123 cm³/mol. The second kappa shape index (κ2) is 9.23. The Morgan fingerprint density at radius 3 is 2.84 bits per heavy atom. The Hall–Kier alpha value is -3.65. The highest BCUT2D eigenvalue weighted by Gasteiger charge is 2.40. The van der Waals surface area contributed by atoms with Crippen molar-refractivity contribution < 1.29 is 14.6 Å². The van der Waals surface area contributed by atoms with Crippen molar-refractivity contribution in [3.63, 3.8) is 0 Å². The van der Waals surface area contributed by atoms with Gasteiger partial charge >= 0.3 is 0 Å². The number of para-hydroxylation sites is 2. The summed E-state index contributed by atoms with van der Waals surface area (Å²) in [7, 11) is 1.57. The molecule has 3 N–H and O–H groups in total. The molecule has 0 bridgehead atoms. The fourth-order valence-electron chi connectivity index (χ4n) is 3.99. The molecule has 1 aliphatic rings. The van der Waals surface area contributed by atoms with Crippen LogP contribution in [0.3, 0.4) is 0 Å². The molecule has 1 aliphatic heterocycles. The van der Waals surface area contributed by atoms with Gasteiger partial charge in [0.1, 0.15) is 11.7 Å². The molecular weight excluding hydrogens is 406 g/mol. The van der Waals surface area contributed by atoms with Gasteiger partial charge in [0.05, 0.1) is 18.8 Å². The number of benzene rings is 2. The zero-order valence-electron chi connectivity index (χ0n) is 18.2. The summed E-state index contributed by atoms with van der Waals surface area (Å²) in [6.07, 6.45) is 1.11. The number of ether oxygens (including phenoxy) is 1. The maximum atomic E-state index is 13.5. The molecule has 0 saturated carbocycles. The minimum Gasteiger partial charge on any atom is -0.495 e. The Labute approximate surface area is 186 Å². The van der Waals surface area contributed by atoms with E-state index in [0.29, 0.717) is 41.7 Å². The van der Waals surface area contributed by atoms with E-state index in [1.165, 1.54) is 0 Å².